The van der Waals surface area contributed by atoms with Crippen molar-refractivity contribution in [2.75, 3.05) is 6.61 Å². The molecule has 0 radical (unpaired) electrons. The smallest absolute Gasteiger partial charge is 0.0844 e. The Kier molecular flexibility index (Phi) is 4.66. The summed E-state index contributed by atoms with van der Waals surface area (Å²) in [6.07, 6.45) is 11.5. The van der Waals surface area contributed by atoms with Crippen LogP contribution in [-0.4, -0.2) is 23.9 Å². The Bertz CT molecular complexity index is 205. The van der Waals surface area contributed by atoms with Crippen molar-refractivity contribution in [1.29, 1.82) is 0 Å². The van der Waals surface area contributed by atoms with Gasteiger partial charge in [-0.3, -0.25) is 0 Å². The Morgan fingerprint density at radius 2 is 1.94 bits per heavy atom. The predicted molar refractivity (Wildman–Crippen MR) is 65.3 cm³/mol. The van der Waals surface area contributed by atoms with Gasteiger partial charge in [0.05, 0.1) is 12.2 Å². The lowest BCUT2D eigenvalue weighted by molar-refractivity contribution is 0.274. The van der Waals surface area contributed by atoms with Crippen molar-refractivity contribution in [3.63, 3.8) is 0 Å². The molecular weight excluding hydrogens is 200 g/mol. The molecule has 2 heteroatoms. The average molecular weight is 226 g/mol. The van der Waals surface area contributed by atoms with E-state index in [1.54, 1.807) is 0 Å². The zero-order valence-electron chi connectivity index (χ0n) is 10.5. The number of aliphatic hydroxyl groups is 1. The van der Waals surface area contributed by atoms with E-state index in [9.17, 15) is 0 Å². The summed E-state index contributed by atoms with van der Waals surface area (Å²) < 4.78 is 5.71. The standard InChI is InChI=1S/C14H26O2/c1-2-3-4-5-6-13-14(16-13)10-12-9-11(12)7-8-15/h11-15H,2-10H2,1H3. The molecule has 0 amide bonds. The van der Waals surface area contributed by atoms with Crippen molar-refractivity contribution >= 4 is 0 Å². The minimum atomic E-state index is 0.368. The van der Waals surface area contributed by atoms with Crippen LogP contribution in [-0.2, 0) is 4.74 Å². The van der Waals surface area contributed by atoms with Gasteiger partial charge < -0.3 is 9.84 Å². The lowest BCUT2D eigenvalue weighted by Gasteiger charge is -1.97. The third kappa shape index (κ3) is 3.74. The van der Waals surface area contributed by atoms with E-state index in [0.717, 1.165) is 18.3 Å². The van der Waals surface area contributed by atoms with Gasteiger partial charge in [-0.1, -0.05) is 32.6 Å². The summed E-state index contributed by atoms with van der Waals surface area (Å²) in [6.45, 7) is 2.62. The molecule has 2 aliphatic rings. The molecule has 94 valence electrons. The Labute approximate surface area is 99.4 Å². The number of epoxide rings is 1. The van der Waals surface area contributed by atoms with Crippen molar-refractivity contribution in [1.82, 2.24) is 0 Å². The predicted octanol–water partition coefficient (Wildman–Crippen LogP) is 3.13. The molecule has 0 aromatic rings. The number of hydrogen-bond acceptors (Lipinski definition) is 2. The van der Waals surface area contributed by atoms with E-state index < -0.39 is 0 Å². The molecule has 1 N–H and O–H groups in total. The van der Waals surface area contributed by atoms with Crippen LogP contribution in [0.2, 0.25) is 0 Å². The number of unbranched alkanes of at least 4 members (excludes halogenated alkanes) is 3. The highest BCUT2D eigenvalue weighted by Crippen LogP contribution is 2.48. The van der Waals surface area contributed by atoms with Crippen molar-refractivity contribution in [3.8, 4) is 0 Å². The Hall–Kier alpha value is -0.0800. The van der Waals surface area contributed by atoms with Gasteiger partial charge in [0.1, 0.15) is 0 Å². The maximum absolute atomic E-state index is 8.83. The van der Waals surface area contributed by atoms with Crippen LogP contribution in [0.5, 0.6) is 0 Å². The van der Waals surface area contributed by atoms with Gasteiger partial charge in [-0.2, -0.15) is 0 Å². The van der Waals surface area contributed by atoms with E-state index >= 15 is 0 Å². The summed E-state index contributed by atoms with van der Waals surface area (Å²) in [7, 11) is 0. The fourth-order valence-corrected chi connectivity index (χ4v) is 2.83. The number of rotatable bonds is 9. The maximum Gasteiger partial charge on any atom is 0.0844 e. The summed E-state index contributed by atoms with van der Waals surface area (Å²) in [5, 5.41) is 8.83. The number of hydrogen-bond donors (Lipinski definition) is 1. The van der Waals surface area contributed by atoms with Gasteiger partial charge in [-0.15, -0.1) is 0 Å². The molecule has 0 spiro atoms. The molecule has 1 heterocycles. The summed E-state index contributed by atoms with van der Waals surface area (Å²) in [5.74, 6) is 1.69. The molecule has 2 fully saturated rings. The lowest BCUT2D eigenvalue weighted by Crippen LogP contribution is -1.97. The first-order valence-electron chi connectivity index (χ1n) is 7.11. The number of ether oxygens (including phenoxy) is 1. The fraction of sp³-hybridized carbons (Fsp3) is 1.00. The van der Waals surface area contributed by atoms with Crippen LogP contribution in [0.1, 0.15) is 58.3 Å². The van der Waals surface area contributed by atoms with Gasteiger partial charge >= 0.3 is 0 Å². The van der Waals surface area contributed by atoms with E-state index in [1.165, 1.54) is 44.9 Å². The van der Waals surface area contributed by atoms with Gasteiger partial charge in [0, 0.05) is 6.61 Å². The quantitative estimate of drug-likeness (QED) is 0.484. The zero-order valence-corrected chi connectivity index (χ0v) is 10.5. The van der Waals surface area contributed by atoms with E-state index in [-0.39, 0.29) is 0 Å². The summed E-state index contributed by atoms with van der Waals surface area (Å²) in [5.41, 5.74) is 0. The monoisotopic (exact) mass is 226 g/mol. The molecule has 4 unspecified atom stereocenters. The molecule has 0 bridgehead atoms. The molecule has 1 aliphatic heterocycles. The highest BCUT2D eigenvalue weighted by Gasteiger charge is 2.45. The lowest BCUT2D eigenvalue weighted by atomic mass is 10.1. The molecule has 2 nitrogen and oxygen atoms in total. The van der Waals surface area contributed by atoms with Gasteiger partial charge in [-0.05, 0) is 37.5 Å². The van der Waals surface area contributed by atoms with Crippen LogP contribution in [0.15, 0.2) is 0 Å². The van der Waals surface area contributed by atoms with Crippen LogP contribution in [0.4, 0.5) is 0 Å². The molecule has 0 aromatic heterocycles. The Morgan fingerprint density at radius 1 is 1.06 bits per heavy atom. The summed E-state index contributed by atoms with van der Waals surface area (Å²) in [6, 6.07) is 0. The minimum Gasteiger partial charge on any atom is -0.396 e. The van der Waals surface area contributed by atoms with E-state index in [2.05, 4.69) is 6.92 Å². The SMILES string of the molecule is CCCCCCC1OC1CC1CC1CCO. The van der Waals surface area contributed by atoms with E-state index in [4.69, 9.17) is 9.84 Å². The zero-order chi connectivity index (χ0) is 11.4. The average Bonchev–Trinajstić information content (AvgIpc) is 3.16. The van der Waals surface area contributed by atoms with Crippen LogP contribution >= 0.6 is 0 Å². The molecule has 16 heavy (non-hydrogen) atoms. The topological polar surface area (TPSA) is 32.8 Å². The Morgan fingerprint density at radius 3 is 2.69 bits per heavy atom. The molecule has 2 rings (SSSR count). The molecular formula is C14H26O2. The van der Waals surface area contributed by atoms with Gasteiger partial charge in [0.2, 0.25) is 0 Å². The van der Waals surface area contributed by atoms with Crippen molar-refractivity contribution in [2.45, 2.75) is 70.5 Å². The van der Waals surface area contributed by atoms with Crippen LogP contribution in [0.25, 0.3) is 0 Å². The van der Waals surface area contributed by atoms with Gasteiger partial charge in [0.25, 0.3) is 0 Å². The van der Waals surface area contributed by atoms with Crippen molar-refractivity contribution in [3.05, 3.63) is 0 Å². The van der Waals surface area contributed by atoms with Crippen LogP contribution in [0, 0.1) is 11.8 Å². The molecule has 4 atom stereocenters. The largest absolute Gasteiger partial charge is 0.396 e. The first kappa shape index (κ1) is 12.4. The first-order valence-corrected chi connectivity index (χ1v) is 7.11. The summed E-state index contributed by atoms with van der Waals surface area (Å²) >= 11 is 0. The van der Waals surface area contributed by atoms with Crippen molar-refractivity contribution < 1.29 is 9.84 Å². The molecule has 1 saturated carbocycles. The van der Waals surface area contributed by atoms with Crippen molar-refractivity contribution in [2.24, 2.45) is 11.8 Å². The third-order valence-corrected chi connectivity index (χ3v) is 4.13. The van der Waals surface area contributed by atoms with Crippen LogP contribution in [0.3, 0.4) is 0 Å². The molecule has 1 aliphatic carbocycles. The second-order valence-electron chi connectivity index (χ2n) is 5.57. The third-order valence-electron chi connectivity index (χ3n) is 4.13. The van der Waals surface area contributed by atoms with E-state index in [0.29, 0.717) is 18.8 Å². The second-order valence-corrected chi connectivity index (χ2v) is 5.57. The molecule has 0 aromatic carbocycles. The number of aliphatic hydroxyl groups excluding tert-OH is 1. The fourth-order valence-electron chi connectivity index (χ4n) is 2.83. The van der Waals surface area contributed by atoms with Gasteiger partial charge in [0.15, 0.2) is 0 Å². The van der Waals surface area contributed by atoms with Crippen LogP contribution < -0.4 is 0 Å². The normalized spacial score (nSPS) is 36.4. The Balaban J connectivity index is 1.46. The second kappa shape index (κ2) is 6.02. The highest BCUT2D eigenvalue weighted by molar-refractivity contribution is 4.94. The molecule has 1 saturated heterocycles. The summed E-state index contributed by atoms with van der Waals surface area (Å²) in [4.78, 5) is 0. The van der Waals surface area contributed by atoms with E-state index in [1.807, 2.05) is 0 Å². The minimum absolute atomic E-state index is 0.368. The maximum atomic E-state index is 8.83. The first-order chi connectivity index (χ1) is 7.85. The van der Waals surface area contributed by atoms with Gasteiger partial charge in [-0.25, -0.2) is 0 Å². The highest BCUT2D eigenvalue weighted by atomic mass is 16.6.